The highest BCUT2D eigenvalue weighted by molar-refractivity contribution is 7.25. The zero-order valence-electron chi connectivity index (χ0n) is 10.3. The van der Waals surface area contributed by atoms with Crippen molar-refractivity contribution in [1.29, 1.82) is 0 Å². The van der Waals surface area contributed by atoms with Gasteiger partial charge in [-0.3, -0.25) is 0 Å². The number of hydrogen-bond donors (Lipinski definition) is 0. The Hall–Kier alpha value is -1.41. The SMILES string of the molecule is CC(C)(C)c1ccnc2sc3ccccc3c12. The normalized spacial score (nSPS) is 12.4. The van der Waals surface area contributed by atoms with Crippen molar-refractivity contribution in [1.82, 2.24) is 4.98 Å². The van der Waals surface area contributed by atoms with E-state index in [9.17, 15) is 0 Å². The topological polar surface area (TPSA) is 12.9 Å². The van der Waals surface area contributed by atoms with Crippen LogP contribution < -0.4 is 0 Å². The van der Waals surface area contributed by atoms with Crippen molar-refractivity contribution in [2.45, 2.75) is 26.2 Å². The molecule has 0 aliphatic carbocycles. The van der Waals surface area contributed by atoms with Gasteiger partial charge in [0.25, 0.3) is 0 Å². The predicted octanol–water partition coefficient (Wildman–Crippen LogP) is 4.75. The van der Waals surface area contributed by atoms with Crippen LogP contribution in [0.4, 0.5) is 0 Å². The second-order valence-electron chi connectivity index (χ2n) is 5.39. The summed E-state index contributed by atoms with van der Waals surface area (Å²) >= 11 is 1.78. The smallest absolute Gasteiger partial charge is 0.124 e. The van der Waals surface area contributed by atoms with E-state index in [1.54, 1.807) is 11.3 Å². The first-order chi connectivity index (χ1) is 8.07. The van der Waals surface area contributed by atoms with Gasteiger partial charge in [0.2, 0.25) is 0 Å². The molecule has 1 nitrogen and oxygen atoms in total. The molecule has 0 saturated heterocycles. The average Bonchev–Trinajstić information content (AvgIpc) is 2.65. The van der Waals surface area contributed by atoms with E-state index in [1.807, 2.05) is 6.20 Å². The molecule has 0 fully saturated rings. The summed E-state index contributed by atoms with van der Waals surface area (Å²) in [7, 11) is 0. The van der Waals surface area contributed by atoms with Crippen LogP contribution in [0.5, 0.6) is 0 Å². The molecular weight excluding hydrogens is 226 g/mol. The van der Waals surface area contributed by atoms with E-state index < -0.39 is 0 Å². The first-order valence-corrected chi connectivity index (χ1v) is 6.66. The van der Waals surface area contributed by atoms with Crippen molar-refractivity contribution in [3.63, 3.8) is 0 Å². The highest BCUT2D eigenvalue weighted by Gasteiger charge is 2.19. The number of fused-ring (bicyclic) bond motifs is 3. The molecular formula is C15H15NS. The molecule has 3 rings (SSSR count). The van der Waals surface area contributed by atoms with Crippen molar-refractivity contribution in [2.75, 3.05) is 0 Å². The lowest BCUT2D eigenvalue weighted by molar-refractivity contribution is 0.596. The quantitative estimate of drug-likeness (QED) is 0.553. The van der Waals surface area contributed by atoms with Crippen LogP contribution in [0.3, 0.4) is 0 Å². The summed E-state index contributed by atoms with van der Waals surface area (Å²) in [5.41, 5.74) is 1.55. The Morgan fingerprint density at radius 1 is 1.06 bits per heavy atom. The zero-order valence-corrected chi connectivity index (χ0v) is 11.1. The Kier molecular flexibility index (Phi) is 2.23. The summed E-state index contributed by atoms with van der Waals surface area (Å²) in [4.78, 5) is 5.66. The minimum absolute atomic E-state index is 0.158. The van der Waals surface area contributed by atoms with Crippen molar-refractivity contribution in [3.05, 3.63) is 42.1 Å². The maximum absolute atomic E-state index is 4.51. The summed E-state index contributed by atoms with van der Waals surface area (Å²) in [6.07, 6.45) is 1.93. The largest absolute Gasteiger partial charge is 0.245 e. The molecule has 0 aliphatic heterocycles. The maximum atomic E-state index is 4.51. The van der Waals surface area contributed by atoms with E-state index in [-0.39, 0.29) is 5.41 Å². The van der Waals surface area contributed by atoms with Crippen LogP contribution in [0.2, 0.25) is 0 Å². The van der Waals surface area contributed by atoms with Gasteiger partial charge in [0.05, 0.1) is 0 Å². The summed E-state index contributed by atoms with van der Waals surface area (Å²) < 4.78 is 1.33. The van der Waals surface area contributed by atoms with Crippen molar-refractivity contribution >= 4 is 31.6 Å². The van der Waals surface area contributed by atoms with Crippen molar-refractivity contribution in [2.24, 2.45) is 0 Å². The van der Waals surface area contributed by atoms with Gasteiger partial charge in [-0.25, -0.2) is 4.98 Å². The van der Waals surface area contributed by atoms with E-state index in [2.05, 4.69) is 56.1 Å². The van der Waals surface area contributed by atoms with Gasteiger partial charge in [0.15, 0.2) is 0 Å². The number of rotatable bonds is 0. The molecule has 0 radical (unpaired) electrons. The van der Waals surface area contributed by atoms with E-state index in [0.717, 1.165) is 4.83 Å². The van der Waals surface area contributed by atoms with Crippen LogP contribution in [0.25, 0.3) is 20.3 Å². The molecule has 0 atom stereocenters. The number of nitrogens with zero attached hydrogens (tertiary/aromatic N) is 1. The van der Waals surface area contributed by atoms with Crippen LogP contribution in [-0.4, -0.2) is 4.98 Å². The third-order valence-electron chi connectivity index (χ3n) is 3.09. The third-order valence-corrected chi connectivity index (χ3v) is 4.17. The number of benzene rings is 1. The van der Waals surface area contributed by atoms with Crippen LogP contribution in [0.15, 0.2) is 36.5 Å². The van der Waals surface area contributed by atoms with E-state index in [1.165, 1.54) is 21.0 Å². The summed E-state index contributed by atoms with van der Waals surface area (Å²) in [5.74, 6) is 0. The standard InChI is InChI=1S/C15H15NS/c1-15(2,3)11-8-9-16-14-13(11)10-6-4-5-7-12(10)17-14/h4-9H,1-3H3. The molecule has 1 aromatic carbocycles. The molecule has 2 aromatic heterocycles. The number of aromatic nitrogens is 1. The van der Waals surface area contributed by atoms with Crippen LogP contribution >= 0.6 is 11.3 Å². The monoisotopic (exact) mass is 241 g/mol. The first kappa shape index (κ1) is 10.7. The lowest BCUT2D eigenvalue weighted by atomic mass is 9.85. The molecule has 3 aromatic rings. The minimum atomic E-state index is 0.158. The van der Waals surface area contributed by atoms with Gasteiger partial charge in [-0.15, -0.1) is 11.3 Å². The molecule has 2 heterocycles. The fraction of sp³-hybridized carbons (Fsp3) is 0.267. The van der Waals surface area contributed by atoms with Gasteiger partial charge in [-0.05, 0) is 23.1 Å². The molecule has 86 valence electrons. The second-order valence-corrected chi connectivity index (χ2v) is 6.42. The number of thiophene rings is 1. The molecule has 17 heavy (non-hydrogen) atoms. The Bertz CT molecular complexity index is 689. The van der Waals surface area contributed by atoms with Gasteiger partial charge in [0, 0.05) is 21.7 Å². The van der Waals surface area contributed by atoms with Gasteiger partial charge < -0.3 is 0 Å². The second kappa shape index (κ2) is 3.54. The van der Waals surface area contributed by atoms with Crippen molar-refractivity contribution in [3.8, 4) is 0 Å². The Morgan fingerprint density at radius 3 is 2.59 bits per heavy atom. The summed E-state index contributed by atoms with van der Waals surface area (Å²) in [5, 5.41) is 2.67. The molecule has 0 N–H and O–H groups in total. The molecule has 0 saturated carbocycles. The molecule has 0 amide bonds. The van der Waals surface area contributed by atoms with E-state index in [0.29, 0.717) is 0 Å². The van der Waals surface area contributed by atoms with Gasteiger partial charge in [0.1, 0.15) is 4.83 Å². The lowest BCUT2D eigenvalue weighted by Gasteiger charge is -2.20. The van der Waals surface area contributed by atoms with Crippen molar-refractivity contribution < 1.29 is 0 Å². The highest BCUT2D eigenvalue weighted by Crippen LogP contribution is 2.38. The fourth-order valence-electron chi connectivity index (χ4n) is 2.27. The molecule has 0 unspecified atom stereocenters. The zero-order chi connectivity index (χ0) is 12.0. The van der Waals surface area contributed by atoms with E-state index in [4.69, 9.17) is 0 Å². The summed E-state index contributed by atoms with van der Waals surface area (Å²) in [6.45, 7) is 6.77. The van der Waals surface area contributed by atoms with Gasteiger partial charge in [-0.2, -0.15) is 0 Å². The third kappa shape index (κ3) is 1.64. The highest BCUT2D eigenvalue weighted by atomic mass is 32.1. The first-order valence-electron chi connectivity index (χ1n) is 5.84. The number of pyridine rings is 1. The fourth-order valence-corrected chi connectivity index (χ4v) is 3.34. The summed E-state index contributed by atoms with van der Waals surface area (Å²) in [6, 6.07) is 10.7. The minimum Gasteiger partial charge on any atom is -0.245 e. The van der Waals surface area contributed by atoms with Crippen LogP contribution in [0, 0.1) is 0 Å². The van der Waals surface area contributed by atoms with Gasteiger partial charge in [-0.1, -0.05) is 39.0 Å². The molecule has 0 spiro atoms. The molecule has 2 heteroatoms. The van der Waals surface area contributed by atoms with Gasteiger partial charge >= 0.3 is 0 Å². The Balaban J connectivity index is 2.52. The predicted molar refractivity (Wildman–Crippen MR) is 75.8 cm³/mol. The Labute approximate surface area is 105 Å². The molecule has 0 aliphatic rings. The van der Waals surface area contributed by atoms with Crippen LogP contribution in [0.1, 0.15) is 26.3 Å². The van der Waals surface area contributed by atoms with E-state index >= 15 is 0 Å². The lowest BCUT2D eigenvalue weighted by Crippen LogP contribution is -2.11. The average molecular weight is 241 g/mol. The molecule has 0 bridgehead atoms. The van der Waals surface area contributed by atoms with Crippen LogP contribution in [-0.2, 0) is 5.41 Å². The Morgan fingerprint density at radius 2 is 1.82 bits per heavy atom. The maximum Gasteiger partial charge on any atom is 0.124 e. The number of hydrogen-bond acceptors (Lipinski definition) is 2.